The van der Waals surface area contributed by atoms with Crippen molar-refractivity contribution < 1.29 is 14.3 Å². The van der Waals surface area contributed by atoms with Crippen LogP contribution in [0.1, 0.15) is 58.1 Å². The second kappa shape index (κ2) is 6.25. The van der Waals surface area contributed by atoms with E-state index in [0.29, 0.717) is 5.76 Å². The van der Waals surface area contributed by atoms with Gasteiger partial charge in [0.15, 0.2) is 0 Å². The molecule has 120 valence electrons. The van der Waals surface area contributed by atoms with Gasteiger partial charge in [-0.2, -0.15) is 0 Å². The van der Waals surface area contributed by atoms with Crippen molar-refractivity contribution in [3.05, 3.63) is 41.5 Å². The van der Waals surface area contributed by atoms with Crippen molar-refractivity contribution in [2.45, 2.75) is 58.0 Å². The van der Waals surface area contributed by atoms with Crippen LogP contribution in [0.2, 0.25) is 0 Å². The highest BCUT2D eigenvalue weighted by Gasteiger charge is 2.35. The molecule has 1 atom stereocenters. The number of methoxy groups -OCH3 is 1. The van der Waals surface area contributed by atoms with Gasteiger partial charge in [-0.25, -0.2) is 0 Å². The Morgan fingerprint density at radius 3 is 2.59 bits per heavy atom. The molecule has 0 aromatic heterocycles. The van der Waals surface area contributed by atoms with Gasteiger partial charge in [0.2, 0.25) is 0 Å². The molecule has 0 bridgehead atoms. The molecule has 1 unspecified atom stereocenters. The van der Waals surface area contributed by atoms with Crippen molar-refractivity contribution >= 4 is 11.7 Å². The number of carbonyl (C=O) groups excluding carboxylic acids is 1. The lowest BCUT2D eigenvalue weighted by atomic mass is 9.79. The zero-order valence-electron chi connectivity index (χ0n) is 14.2. The van der Waals surface area contributed by atoms with Gasteiger partial charge in [0.25, 0.3) is 0 Å². The summed E-state index contributed by atoms with van der Waals surface area (Å²) in [5.74, 6) is 0.419. The number of benzene rings is 1. The van der Waals surface area contributed by atoms with Crippen LogP contribution < -0.4 is 0 Å². The normalized spacial score (nSPS) is 20.5. The molecule has 0 fully saturated rings. The molecule has 1 aromatic carbocycles. The van der Waals surface area contributed by atoms with E-state index in [1.54, 1.807) is 7.11 Å². The Labute approximate surface area is 133 Å². The van der Waals surface area contributed by atoms with Crippen molar-refractivity contribution in [3.63, 3.8) is 0 Å². The van der Waals surface area contributed by atoms with Crippen molar-refractivity contribution in [1.82, 2.24) is 0 Å². The smallest absolute Gasteiger partial charge is 0.308 e. The standard InChI is InChI=1S/C19H26O3/c1-14(20)22-17-13-19(4,12-8-11-18(2,3)21-5)16-10-7-6-9-15(16)17/h6-7,9-10,13H,8,11-12H2,1-5H3. The lowest BCUT2D eigenvalue weighted by Gasteiger charge is -2.27. The third-order valence-electron chi connectivity index (χ3n) is 4.54. The van der Waals surface area contributed by atoms with Crippen LogP contribution in [0, 0.1) is 0 Å². The Kier molecular flexibility index (Phi) is 4.76. The van der Waals surface area contributed by atoms with E-state index in [1.165, 1.54) is 12.5 Å². The summed E-state index contributed by atoms with van der Waals surface area (Å²) < 4.78 is 10.9. The molecule has 0 heterocycles. The number of carbonyl (C=O) groups is 1. The maximum atomic E-state index is 11.3. The summed E-state index contributed by atoms with van der Waals surface area (Å²) in [6.45, 7) is 7.87. The summed E-state index contributed by atoms with van der Waals surface area (Å²) in [4.78, 5) is 11.3. The van der Waals surface area contributed by atoms with Gasteiger partial charge >= 0.3 is 5.97 Å². The Morgan fingerprint density at radius 2 is 1.95 bits per heavy atom. The fourth-order valence-electron chi connectivity index (χ4n) is 3.07. The predicted octanol–water partition coefficient (Wildman–Crippen LogP) is 4.46. The third-order valence-corrected chi connectivity index (χ3v) is 4.54. The quantitative estimate of drug-likeness (QED) is 0.728. The summed E-state index contributed by atoms with van der Waals surface area (Å²) in [6.07, 6.45) is 5.15. The first kappa shape index (κ1) is 16.8. The highest BCUT2D eigenvalue weighted by Crippen LogP contribution is 2.44. The third kappa shape index (κ3) is 3.58. The van der Waals surface area contributed by atoms with Crippen molar-refractivity contribution in [1.29, 1.82) is 0 Å². The van der Waals surface area contributed by atoms with Crippen LogP contribution in [-0.2, 0) is 19.7 Å². The highest BCUT2D eigenvalue weighted by atomic mass is 16.5. The predicted molar refractivity (Wildman–Crippen MR) is 88.5 cm³/mol. The Balaban J connectivity index is 2.18. The number of fused-ring (bicyclic) bond motifs is 1. The van der Waals surface area contributed by atoms with Crippen molar-refractivity contribution in [2.24, 2.45) is 0 Å². The minimum Gasteiger partial charge on any atom is -0.426 e. The van der Waals surface area contributed by atoms with E-state index in [1.807, 2.05) is 18.2 Å². The van der Waals surface area contributed by atoms with Crippen LogP contribution in [0.25, 0.3) is 5.76 Å². The number of hydrogen-bond donors (Lipinski definition) is 0. The molecule has 0 aliphatic heterocycles. The van der Waals surface area contributed by atoms with Crippen LogP contribution in [-0.4, -0.2) is 18.7 Å². The van der Waals surface area contributed by atoms with E-state index in [9.17, 15) is 4.79 Å². The maximum absolute atomic E-state index is 11.3. The molecule has 3 heteroatoms. The Bertz CT molecular complexity index is 586. The lowest BCUT2D eigenvalue weighted by Crippen LogP contribution is -2.24. The summed E-state index contributed by atoms with van der Waals surface area (Å²) >= 11 is 0. The fraction of sp³-hybridized carbons (Fsp3) is 0.526. The topological polar surface area (TPSA) is 35.5 Å². The molecular weight excluding hydrogens is 276 g/mol. The van der Waals surface area contributed by atoms with E-state index in [-0.39, 0.29) is 17.0 Å². The molecule has 1 aliphatic rings. The van der Waals surface area contributed by atoms with E-state index in [0.717, 1.165) is 24.8 Å². The molecule has 22 heavy (non-hydrogen) atoms. The average Bonchev–Trinajstić information content (AvgIpc) is 2.72. The molecule has 1 aliphatic carbocycles. The summed E-state index contributed by atoms with van der Waals surface area (Å²) in [7, 11) is 1.76. The second-order valence-corrected chi connectivity index (χ2v) is 6.88. The van der Waals surface area contributed by atoms with Gasteiger partial charge in [-0.15, -0.1) is 0 Å². The molecule has 0 radical (unpaired) electrons. The van der Waals surface area contributed by atoms with E-state index in [4.69, 9.17) is 9.47 Å². The maximum Gasteiger partial charge on any atom is 0.308 e. The molecule has 3 nitrogen and oxygen atoms in total. The van der Waals surface area contributed by atoms with Gasteiger partial charge < -0.3 is 9.47 Å². The van der Waals surface area contributed by atoms with E-state index < -0.39 is 0 Å². The zero-order chi connectivity index (χ0) is 16.4. The first-order chi connectivity index (χ1) is 10.3. The van der Waals surface area contributed by atoms with Gasteiger partial charge in [0.1, 0.15) is 5.76 Å². The summed E-state index contributed by atoms with van der Waals surface area (Å²) in [6, 6.07) is 8.18. The first-order valence-electron chi connectivity index (χ1n) is 7.84. The minimum absolute atomic E-state index is 0.0921. The number of allylic oxidation sites excluding steroid dienone is 1. The molecule has 0 spiro atoms. The molecule has 0 saturated carbocycles. The highest BCUT2D eigenvalue weighted by molar-refractivity contribution is 5.81. The number of hydrogen-bond acceptors (Lipinski definition) is 3. The number of rotatable bonds is 6. The molecule has 1 aromatic rings. The second-order valence-electron chi connectivity index (χ2n) is 6.88. The van der Waals surface area contributed by atoms with Crippen LogP contribution in [0.15, 0.2) is 30.3 Å². The van der Waals surface area contributed by atoms with Gasteiger partial charge in [0.05, 0.1) is 5.60 Å². The first-order valence-corrected chi connectivity index (χ1v) is 7.84. The van der Waals surface area contributed by atoms with E-state index in [2.05, 4.69) is 32.9 Å². The SMILES string of the molecule is COC(C)(C)CCCC1(C)C=C(OC(C)=O)c2ccccc21. The molecule has 0 N–H and O–H groups in total. The fourth-order valence-corrected chi connectivity index (χ4v) is 3.07. The zero-order valence-corrected chi connectivity index (χ0v) is 14.2. The Hall–Kier alpha value is -1.61. The van der Waals surface area contributed by atoms with Gasteiger partial charge in [0, 0.05) is 25.0 Å². The van der Waals surface area contributed by atoms with Crippen LogP contribution in [0.4, 0.5) is 0 Å². The molecular formula is C19H26O3. The number of ether oxygens (including phenoxy) is 2. The molecule has 0 amide bonds. The van der Waals surface area contributed by atoms with E-state index >= 15 is 0 Å². The van der Waals surface area contributed by atoms with Crippen LogP contribution >= 0.6 is 0 Å². The van der Waals surface area contributed by atoms with Crippen molar-refractivity contribution in [2.75, 3.05) is 7.11 Å². The van der Waals surface area contributed by atoms with Crippen LogP contribution in [0.5, 0.6) is 0 Å². The van der Waals surface area contributed by atoms with Gasteiger partial charge in [-0.1, -0.05) is 31.2 Å². The van der Waals surface area contributed by atoms with Crippen molar-refractivity contribution in [3.8, 4) is 0 Å². The monoisotopic (exact) mass is 302 g/mol. The molecule has 0 saturated heterocycles. The average molecular weight is 302 g/mol. The number of esters is 1. The van der Waals surface area contributed by atoms with Gasteiger partial charge in [-0.3, -0.25) is 4.79 Å². The largest absolute Gasteiger partial charge is 0.426 e. The summed E-state index contributed by atoms with van der Waals surface area (Å²) in [5, 5.41) is 0. The van der Waals surface area contributed by atoms with Gasteiger partial charge in [-0.05, 0) is 44.7 Å². The van der Waals surface area contributed by atoms with Crippen LogP contribution in [0.3, 0.4) is 0 Å². The molecule has 2 rings (SSSR count). The Morgan fingerprint density at radius 1 is 1.27 bits per heavy atom. The summed E-state index contributed by atoms with van der Waals surface area (Å²) in [5.41, 5.74) is 2.08. The lowest BCUT2D eigenvalue weighted by molar-refractivity contribution is -0.134. The minimum atomic E-state index is -0.272.